The standard InChI is InChI=1S/C19H15ClN3S.BF4/c20-16-9-11-17(12-10-16)23-19(24)21(14-15-6-2-1-3-7-15)18-8-4-5-13-22(18)23;2-1(3,4)5/h1-13H,14H2;/q+1;-1. The summed E-state index contributed by atoms with van der Waals surface area (Å²) in [5.41, 5.74) is 3.24. The summed E-state index contributed by atoms with van der Waals surface area (Å²) < 4.78 is 46.0. The maximum Gasteiger partial charge on any atom is 0.673 e. The maximum atomic E-state index is 9.75. The molecule has 0 saturated heterocycles. The fourth-order valence-electron chi connectivity index (χ4n) is 2.84. The van der Waals surface area contributed by atoms with Crippen LogP contribution in [0.5, 0.6) is 0 Å². The van der Waals surface area contributed by atoms with Gasteiger partial charge in [-0.15, -0.1) is 4.52 Å². The lowest BCUT2D eigenvalue weighted by Crippen LogP contribution is -2.35. The molecule has 0 aliphatic rings. The Kier molecular flexibility index (Phi) is 6.39. The van der Waals surface area contributed by atoms with E-state index in [1.165, 1.54) is 5.56 Å². The van der Waals surface area contributed by atoms with Crippen molar-refractivity contribution in [2.24, 2.45) is 0 Å². The first-order chi connectivity index (χ1) is 13.7. The van der Waals surface area contributed by atoms with E-state index in [9.17, 15) is 17.3 Å². The number of nitrogens with zero attached hydrogens (tertiary/aromatic N) is 3. The lowest BCUT2D eigenvalue weighted by atomic mass is 10.2. The second-order valence-corrected chi connectivity index (χ2v) is 6.84. The zero-order valence-electron chi connectivity index (χ0n) is 14.9. The van der Waals surface area contributed by atoms with E-state index in [1.807, 2.05) is 65.5 Å². The zero-order valence-corrected chi connectivity index (χ0v) is 16.5. The second-order valence-electron chi connectivity index (χ2n) is 6.04. The molecule has 29 heavy (non-hydrogen) atoms. The van der Waals surface area contributed by atoms with E-state index in [1.54, 1.807) is 0 Å². The highest BCUT2D eigenvalue weighted by Gasteiger charge is 2.21. The van der Waals surface area contributed by atoms with Gasteiger partial charge in [-0.2, -0.15) is 0 Å². The summed E-state index contributed by atoms with van der Waals surface area (Å²) in [6, 6.07) is 24.1. The molecular formula is C19H15BClF4N3S. The summed E-state index contributed by atoms with van der Waals surface area (Å²) >= 11 is 11.8. The van der Waals surface area contributed by atoms with Gasteiger partial charge in [0.25, 0.3) is 5.65 Å². The van der Waals surface area contributed by atoms with Gasteiger partial charge in [0.2, 0.25) is 0 Å². The Balaban J connectivity index is 0.000000431. The Morgan fingerprint density at radius 1 is 0.862 bits per heavy atom. The molecule has 4 rings (SSSR count). The molecule has 2 heterocycles. The number of rotatable bonds is 3. The third-order valence-corrected chi connectivity index (χ3v) is 4.62. The summed E-state index contributed by atoms with van der Waals surface area (Å²) in [6.45, 7) is 0.730. The lowest BCUT2D eigenvalue weighted by molar-refractivity contribution is -0.670. The highest BCUT2D eigenvalue weighted by molar-refractivity contribution is 7.71. The molecule has 0 N–H and O–H groups in total. The first-order valence-corrected chi connectivity index (χ1v) is 9.32. The summed E-state index contributed by atoms with van der Waals surface area (Å²) in [5.74, 6) is 0. The van der Waals surface area contributed by atoms with Gasteiger partial charge in [0.05, 0.1) is 6.54 Å². The molecule has 4 aromatic rings. The van der Waals surface area contributed by atoms with Crippen LogP contribution in [-0.4, -0.2) is 16.5 Å². The van der Waals surface area contributed by atoms with Crippen molar-refractivity contribution in [2.45, 2.75) is 6.54 Å². The van der Waals surface area contributed by atoms with Crippen LogP contribution in [-0.2, 0) is 6.54 Å². The average Bonchev–Trinajstić information content (AvgIpc) is 2.94. The quantitative estimate of drug-likeness (QED) is 0.171. The molecule has 0 spiro atoms. The highest BCUT2D eigenvalue weighted by atomic mass is 35.5. The predicted molar refractivity (Wildman–Crippen MR) is 108 cm³/mol. The molecule has 0 saturated carbocycles. The fraction of sp³-hybridized carbons (Fsp3) is 0.0526. The molecule has 0 aliphatic carbocycles. The van der Waals surface area contributed by atoms with Crippen LogP contribution in [0.2, 0.25) is 5.02 Å². The smallest absolute Gasteiger partial charge is 0.418 e. The number of hydrogen-bond acceptors (Lipinski definition) is 1. The normalized spacial score (nSPS) is 11.2. The average molecular weight is 440 g/mol. The van der Waals surface area contributed by atoms with Gasteiger partial charge in [-0.1, -0.05) is 52.7 Å². The van der Waals surface area contributed by atoms with Crippen molar-refractivity contribution in [3.8, 4) is 5.69 Å². The van der Waals surface area contributed by atoms with Crippen LogP contribution in [0.4, 0.5) is 17.3 Å². The number of benzene rings is 2. The van der Waals surface area contributed by atoms with Crippen molar-refractivity contribution in [1.82, 2.24) is 9.20 Å². The molecule has 2 aromatic heterocycles. The fourth-order valence-corrected chi connectivity index (χ4v) is 3.32. The van der Waals surface area contributed by atoms with Gasteiger partial charge in [-0.05, 0) is 48.1 Å². The Bertz CT molecular complexity index is 1150. The van der Waals surface area contributed by atoms with E-state index in [4.69, 9.17) is 23.8 Å². The van der Waals surface area contributed by atoms with Crippen LogP contribution in [0, 0.1) is 4.77 Å². The zero-order chi connectivity index (χ0) is 21.0. The van der Waals surface area contributed by atoms with E-state index in [0.29, 0.717) is 5.02 Å². The topological polar surface area (TPSA) is 13.2 Å². The number of hydrogen-bond donors (Lipinski definition) is 0. The van der Waals surface area contributed by atoms with E-state index in [0.717, 1.165) is 22.7 Å². The Labute approximate surface area is 174 Å². The molecule has 0 unspecified atom stereocenters. The SMILES string of the molecule is F[B-](F)(F)F.S=c1n(-c2ccc(Cl)cc2)n2ccccc2[n+]1Cc1ccccc1. The van der Waals surface area contributed by atoms with Crippen molar-refractivity contribution in [3.05, 3.63) is 94.4 Å². The first-order valence-electron chi connectivity index (χ1n) is 8.53. The van der Waals surface area contributed by atoms with E-state index in [2.05, 4.69) is 27.3 Å². The molecular weight excluding hydrogens is 425 g/mol. The van der Waals surface area contributed by atoms with E-state index in [-0.39, 0.29) is 0 Å². The van der Waals surface area contributed by atoms with Gasteiger partial charge >= 0.3 is 12.0 Å². The molecule has 0 fully saturated rings. The predicted octanol–water partition coefficient (Wildman–Crippen LogP) is 5.75. The van der Waals surface area contributed by atoms with Crippen molar-refractivity contribution in [1.29, 1.82) is 0 Å². The van der Waals surface area contributed by atoms with Crippen LogP contribution < -0.4 is 4.57 Å². The molecule has 0 atom stereocenters. The Morgan fingerprint density at radius 3 is 2.07 bits per heavy atom. The number of pyridine rings is 1. The first kappa shape index (κ1) is 21.1. The van der Waals surface area contributed by atoms with Crippen LogP contribution in [0.1, 0.15) is 5.56 Å². The Morgan fingerprint density at radius 2 is 1.45 bits per heavy atom. The molecule has 10 heteroatoms. The molecule has 0 bridgehead atoms. The molecule has 0 amide bonds. The molecule has 0 radical (unpaired) electrons. The molecule has 3 nitrogen and oxygen atoms in total. The minimum Gasteiger partial charge on any atom is -0.418 e. The molecule has 150 valence electrons. The third kappa shape index (κ3) is 5.45. The number of aromatic nitrogens is 3. The molecule has 0 aliphatic heterocycles. The van der Waals surface area contributed by atoms with Gasteiger partial charge in [-0.3, -0.25) is 0 Å². The number of halogens is 5. The summed E-state index contributed by atoms with van der Waals surface area (Å²) in [5, 5.41) is 0.711. The highest BCUT2D eigenvalue weighted by Crippen LogP contribution is 2.15. The van der Waals surface area contributed by atoms with Gasteiger partial charge in [0.1, 0.15) is 11.9 Å². The summed E-state index contributed by atoms with van der Waals surface area (Å²) in [7, 11) is -6.00. The molecule has 2 aromatic carbocycles. The lowest BCUT2D eigenvalue weighted by Gasteiger charge is -1.98. The van der Waals surface area contributed by atoms with Crippen molar-refractivity contribution in [2.75, 3.05) is 0 Å². The minimum absolute atomic E-state index is 0.711. The Hall–Kier alpha value is -2.65. The second kappa shape index (κ2) is 8.79. The maximum absolute atomic E-state index is 9.75. The monoisotopic (exact) mass is 439 g/mol. The largest absolute Gasteiger partial charge is 0.673 e. The number of fused-ring (bicyclic) bond motifs is 1. The van der Waals surface area contributed by atoms with Crippen LogP contribution in [0.25, 0.3) is 11.3 Å². The van der Waals surface area contributed by atoms with Crippen LogP contribution in [0.15, 0.2) is 79.0 Å². The summed E-state index contributed by atoms with van der Waals surface area (Å²) in [4.78, 5) is 0. The van der Waals surface area contributed by atoms with Gasteiger partial charge in [-0.25, -0.2) is 4.57 Å². The van der Waals surface area contributed by atoms with Crippen molar-refractivity contribution >= 4 is 36.7 Å². The third-order valence-electron chi connectivity index (χ3n) is 3.98. The van der Waals surface area contributed by atoms with Crippen LogP contribution >= 0.6 is 23.8 Å². The van der Waals surface area contributed by atoms with Crippen molar-refractivity contribution in [3.63, 3.8) is 0 Å². The summed E-state index contributed by atoms with van der Waals surface area (Å²) in [6.07, 6.45) is 2.02. The van der Waals surface area contributed by atoms with Gasteiger partial charge in [0, 0.05) is 11.1 Å². The van der Waals surface area contributed by atoms with E-state index < -0.39 is 7.25 Å². The minimum atomic E-state index is -6.00. The van der Waals surface area contributed by atoms with Gasteiger partial charge < -0.3 is 17.3 Å². The van der Waals surface area contributed by atoms with Crippen LogP contribution in [0.3, 0.4) is 0 Å². The van der Waals surface area contributed by atoms with Gasteiger partial charge in [0.15, 0.2) is 0 Å². The van der Waals surface area contributed by atoms with Crippen molar-refractivity contribution < 1.29 is 21.8 Å². The van der Waals surface area contributed by atoms with E-state index >= 15 is 0 Å².